The molecule has 2 aromatic rings. The summed E-state index contributed by atoms with van der Waals surface area (Å²) in [6, 6.07) is 17.0. The third-order valence-electron chi connectivity index (χ3n) is 4.75. The molecule has 5 nitrogen and oxygen atoms in total. The molecule has 0 spiro atoms. The van der Waals surface area contributed by atoms with Crippen molar-refractivity contribution in [3.05, 3.63) is 65.7 Å². The molecule has 2 N–H and O–H groups in total. The van der Waals surface area contributed by atoms with Crippen molar-refractivity contribution in [1.82, 2.24) is 10.2 Å². The summed E-state index contributed by atoms with van der Waals surface area (Å²) in [5, 5.41) is 6.04. The molecule has 0 fully saturated rings. The van der Waals surface area contributed by atoms with Gasteiger partial charge in [0.25, 0.3) is 5.91 Å². The highest BCUT2D eigenvalue weighted by molar-refractivity contribution is 5.97. The first kappa shape index (κ1) is 22.6. The summed E-state index contributed by atoms with van der Waals surface area (Å²) in [5.41, 5.74) is 2.28. The Morgan fingerprint density at radius 3 is 2.45 bits per heavy atom. The van der Waals surface area contributed by atoms with Crippen molar-refractivity contribution in [2.75, 3.05) is 25.5 Å². The van der Waals surface area contributed by atoms with Gasteiger partial charge in [0.05, 0.1) is 6.54 Å². The number of carbonyl (C=O) groups is 2. The average molecular weight is 396 g/mol. The Labute approximate surface area is 174 Å². The van der Waals surface area contributed by atoms with E-state index in [0.29, 0.717) is 17.8 Å². The van der Waals surface area contributed by atoms with Crippen molar-refractivity contribution in [2.24, 2.45) is 0 Å². The predicted octanol–water partition coefficient (Wildman–Crippen LogP) is 4.46. The van der Waals surface area contributed by atoms with Crippen molar-refractivity contribution in [3.63, 3.8) is 0 Å². The second kappa shape index (κ2) is 12.7. The molecule has 0 aromatic heterocycles. The second-order valence-corrected chi connectivity index (χ2v) is 7.37. The first-order valence-electron chi connectivity index (χ1n) is 10.5. The van der Waals surface area contributed by atoms with Gasteiger partial charge in [-0.25, -0.2) is 0 Å². The Morgan fingerprint density at radius 1 is 0.931 bits per heavy atom. The van der Waals surface area contributed by atoms with Crippen molar-refractivity contribution >= 4 is 17.5 Å². The molecule has 0 saturated heterocycles. The third kappa shape index (κ3) is 8.48. The molecular formula is C24H33N3O2. The lowest BCUT2D eigenvalue weighted by Gasteiger charge is -2.18. The van der Waals surface area contributed by atoms with Gasteiger partial charge in [-0.15, -0.1) is 0 Å². The van der Waals surface area contributed by atoms with E-state index in [-0.39, 0.29) is 18.4 Å². The van der Waals surface area contributed by atoms with Crippen LogP contribution in [0.15, 0.2) is 54.6 Å². The molecule has 0 bridgehead atoms. The fourth-order valence-corrected chi connectivity index (χ4v) is 3.14. The average Bonchev–Trinajstić information content (AvgIpc) is 2.73. The summed E-state index contributed by atoms with van der Waals surface area (Å²) in [5.74, 6) is -0.170. The van der Waals surface area contributed by atoms with Crippen molar-refractivity contribution in [1.29, 1.82) is 0 Å². The predicted molar refractivity (Wildman–Crippen MR) is 119 cm³/mol. The molecule has 5 heteroatoms. The zero-order chi connectivity index (χ0) is 20.9. The van der Waals surface area contributed by atoms with Crippen LogP contribution in [-0.2, 0) is 11.3 Å². The van der Waals surface area contributed by atoms with E-state index in [2.05, 4.69) is 17.6 Å². The number of rotatable bonds is 12. The lowest BCUT2D eigenvalue weighted by molar-refractivity contribution is -0.115. The molecular weight excluding hydrogens is 362 g/mol. The van der Waals surface area contributed by atoms with Gasteiger partial charge in [0.1, 0.15) is 0 Å². The fraction of sp³-hybridized carbons (Fsp3) is 0.417. The largest absolute Gasteiger partial charge is 0.337 e. The highest BCUT2D eigenvalue weighted by Crippen LogP contribution is 2.14. The lowest BCUT2D eigenvalue weighted by Crippen LogP contribution is -2.29. The number of hydrogen-bond donors (Lipinski definition) is 2. The molecule has 156 valence electrons. The minimum absolute atomic E-state index is 0.0739. The van der Waals surface area contributed by atoms with E-state index in [4.69, 9.17) is 0 Å². The maximum atomic E-state index is 12.7. The van der Waals surface area contributed by atoms with Crippen LogP contribution in [0.1, 0.15) is 54.9 Å². The molecule has 0 radical (unpaired) electrons. The normalized spacial score (nSPS) is 10.6. The quantitative estimate of drug-likeness (QED) is 0.522. The van der Waals surface area contributed by atoms with Crippen molar-refractivity contribution in [3.8, 4) is 0 Å². The molecule has 2 rings (SSSR count). The van der Waals surface area contributed by atoms with Gasteiger partial charge in [-0.05, 0) is 36.7 Å². The maximum absolute atomic E-state index is 12.7. The van der Waals surface area contributed by atoms with Gasteiger partial charge in [-0.2, -0.15) is 0 Å². The molecule has 0 aliphatic heterocycles. The fourth-order valence-electron chi connectivity index (χ4n) is 3.14. The van der Waals surface area contributed by atoms with Crippen LogP contribution in [0.5, 0.6) is 0 Å². The van der Waals surface area contributed by atoms with Crippen LogP contribution in [0.3, 0.4) is 0 Å². The molecule has 2 amide bonds. The van der Waals surface area contributed by atoms with Gasteiger partial charge in [0.15, 0.2) is 0 Å². The third-order valence-corrected chi connectivity index (χ3v) is 4.75. The number of amides is 2. The van der Waals surface area contributed by atoms with Crippen molar-refractivity contribution in [2.45, 2.75) is 45.6 Å². The number of nitrogens with one attached hydrogen (secondary N) is 2. The van der Waals surface area contributed by atoms with E-state index in [1.165, 1.54) is 25.7 Å². The van der Waals surface area contributed by atoms with Gasteiger partial charge in [-0.1, -0.05) is 69.0 Å². The number of hydrogen-bond acceptors (Lipinski definition) is 3. The Morgan fingerprint density at radius 2 is 1.69 bits per heavy atom. The number of unbranched alkanes of at least 4 members (excludes halogenated alkanes) is 4. The van der Waals surface area contributed by atoms with Crippen molar-refractivity contribution < 1.29 is 9.59 Å². The number of anilines is 1. The van der Waals surface area contributed by atoms with Gasteiger partial charge in [0.2, 0.25) is 5.91 Å². The van der Waals surface area contributed by atoms with Crippen LogP contribution >= 0.6 is 0 Å². The van der Waals surface area contributed by atoms with Crippen LogP contribution in [0.4, 0.5) is 5.69 Å². The lowest BCUT2D eigenvalue weighted by atomic mass is 10.1. The Kier molecular flexibility index (Phi) is 9.93. The smallest absolute Gasteiger partial charge is 0.253 e. The van der Waals surface area contributed by atoms with E-state index in [9.17, 15) is 9.59 Å². The van der Waals surface area contributed by atoms with E-state index in [1.54, 1.807) is 36.2 Å². The Hall–Kier alpha value is -2.66. The molecule has 0 aliphatic carbocycles. The molecule has 0 unspecified atom stereocenters. The van der Waals surface area contributed by atoms with E-state index >= 15 is 0 Å². The van der Waals surface area contributed by atoms with Gasteiger partial charge >= 0.3 is 0 Å². The van der Waals surface area contributed by atoms with Crippen LogP contribution in [0.25, 0.3) is 0 Å². The molecule has 0 aliphatic rings. The second-order valence-electron chi connectivity index (χ2n) is 7.37. The van der Waals surface area contributed by atoms with E-state index in [1.807, 2.05) is 30.3 Å². The highest BCUT2D eigenvalue weighted by atomic mass is 16.2. The Bertz CT molecular complexity index is 762. The summed E-state index contributed by atoms with van der Waals surface area (Å²) in [4.78, 5) is 26.5. The molecule has 0 heterocycles. The first-order valence-corrected chi connectivity index (χ1v) is 10.5. The van der Waals surface area contributed by atoms with Crippen LogP contribution < -0.4 is 10.6 Å². The van der Waals surface area contributed by atoms with Gasteiger partial charge in [0, 0.05) is 24.8 Å². The first-order chi connectivity index (χ1) is 14.1. The van der Waals surface area contributed by atoms with E-state index in [0.717, 1.165) is 18.5 Å². The zero-order valence-corrected chi connectivity index (χ0v) is 17.6. The molecule has 0 atom stereocenters. The SMILES string of the molecule is CCCCCCCNCC(=O)Nc1cccc(C(=O)N(C)Cc2ccccc2)c1. The molecule has 0 saturated carbocycles. The summed E-state index contributed by atoms with van der Waals surface area (Å²) in [6.07, 6.45) is 6.05. The van der Waals surface area contributed by atoms with Crippen LogP contribution in [0, 0.1) is 0 Å². The topological polar surface area (TPSA) is 61.4 Å². The van der Waals surface area contributed by atoms with Gasteiger partial charge < -0.3 is 15.5 Å². The maximum Gasteiger partial charge on any atom is 0.253 e. The molecule has 29 heavy (non-hydrogen) atoms. The Balaban J connectivity index is 1.79. The zero-order valence-electron chi connectivity index (χ0n) is 17.6. The van der Waals surface area contributed by atoms with E-state index < -0.39 is 0 Å². The summed E-state index contributed by atoms with van der Waals surface area (Å²) < 4.78 is 0. The summed E-state index contributed by atoms with van der Waals surface area (Å²) in [7, 11) is 1.78. The number of nitrogens with zero attached hydrogens (tertiary/aromatic N) is 1. The summed E-state index contributed by atoms with van der Waals surface area (Å²) >= 11 is 0. The monoisotopic (exact) mass is 395 g/mol. The summed E-state index contributed by atoms with van der Waals surface area (Å²) in [6.45, 7) is 3.87. The van der Waals surface area contributed by atoms with Crippen LogP contribution in [-0.4, -0.2) is 36.9 Å². The van der Waals surface area contributed by atoms with Gasteiger partial charge in [-0.3, -0.25) is 9.59 Å². The highest BCUT2D eigenvalue weighted by Gasteiger charge is 2.13. The van der Waals surface area contributed by atoms with Crippen LogP contribution in [0.2, 0.25) is 0 Å². The minimum atomic E-state index is -0.0965. The molecule has 2 aromatic carbocycles. The number of benzene rings is 2. The standard InChI is InChI=1S/C24H33N3O2/c1-3-4-5-6-10-16-25-18-23(28)26-22-15-11-14-21(17-22)24(29)27(2)19-20-12-8-7-9-13-20/h7-9,11-15,17,25H,3-6,10,16,18-19H2,1-2H3,(H,26,28). The number of carbonyl (C=O) groups excluding carboxylic acids is 2. The minimum Gasteiger partial charge on any atom is -0.337 e.